The lowest BCUT2D eigenvalue weighted by Crippen LogP contribution is -2.32. The highest BCUT2D eigenvalue weighted by Crippen LogP contribution is 2.29. The number of ether oxygens (including phenoxy) is 4. The lowest BCUT2D eigenvalue weighted by Gasteiger charge is -2.25. The average molecular weight is 331 g/mol. The smallest absolute Gasteiger partial charge is 0.147 e. The summed E-state index contributed by atoms with van der Waals surface area (Å²) in [5.74, 6) is -0.0221. The normalized spacial score (nSPS) is 20.8. The first-order valence-electron chi connectivity index (χ1n) is 8.21. The van der Waals surface area contributed by atoms with Crippen molar-refractivity contribution < 1.29 is 18.9 Å². The first kappa shape index (κ1) is 18.6. The average Bonchev–Trinajstić information content (AvgIpc) is 3.09. The van der Waals surface area contributed by atoms with Gasteiger partial charge in [-0.05, 0) is 12.0 Å². The van der Waals surface area contributed by atoms with E-state index in [0.717, 1.165) is 12.0 Å². The van der Waals surface area contributed by atoms with Gasteiger partial charge in [-0.1, -0.05) is 42.5 Å². The molecule has 5 nitrogen and oxygen atoms in total. The van der Waals surface area contributed by atoms with Gasteiger partial charge in [0.2, 0.25) is 0 Å². The third-order valence-corrected chi connectivity index (χ3v) is 4.00. The number of hydrogen-bond donors (Lipinski definition) is 0. The number of rotatable bonds is 11. The molecule has 0 spiro atoms. The number of nitrogens with zero attached hydrogens (tertiary/aromatic N) is 1. The van der Waals surface area contributed by atoms with Crippen LogP contribution in [0, 0.1) is 23.2 Å². The van der Waals surface area contributed by atoms with Gasteiger partial charge < -0.3 is 18.9 Å². The van der Waals surface area contributed by atoms with Crippen molar-refractivity contribution in [2.24, 2.45) is 11.8 Å². The zero-order valence-electron chi connectivity index (χ0n) is 14.1. The highest BCUT2D eigenvalue weighted by molar-refractivity contribution is 5.13. The van der Waals surface area contributed by atoms with E-state index < -0.39 is 0 Å². The standard InChI is InChI=1S/C19H25NO4/c1-21-10-11-22-15-24-19(18-9-5-8-17(18)12-20)14-23-13-16-6-3-2-4-7-16/h2-7,9,17-19H,8,10-11,13-15H2,1H3/t17-,18+,19+/m0/s1. The fourth-order valence-electron chi connectivity index (χ4n) is 2.67. The maximum atomic E-state index is 9.30. The van der Waals surface area contributed by atoms with E-state index in [9.17, 15) is 5.26 Å². The molecule has 0 aliphatic heterocycles. The van der Waals surface area contributed by atoms with Crippen LogP contribution in [-0.4, -0.2) is 39.8 Å². The summed E-state index contributed by atoms with van der Waals surface area (Å²) in [6.45, 7) is 2.14. The van der Waals surface area contributed by atoms with E-state index in [2.05, 4.69) is 12.1 Å². The Balaban J connectivity index is 1.82. The minimum Gasteiger partial charge on any atom is -0.382 e. The van der Waals surface area contributed by atoms with E-state index in [0.29, 0.717) is 26.4 Å². The summed E-state index contributed by atoms with van der Waals surface area (Å²) in [4.78, 5) is 0. The third kappa shape index (κ3) is 6.06. The van der Waals surface area contributed by atoms with Gasteiger partial charge in [-0.25, -0.2) is 0 Å². The number of methoxy groups -OCH3 is 1. The van der Waals surface area contributed by atoms with Crippen molar-refractivity contribution in [3.05, 3.63) is 48.0 Å². The topological polar surface area (TPSA) is 60.7 Å². The summed E-state index contributed by atoms with van der Waals surface area (Å²) in [7, 11) is 1.63. The summed E-state index contributed by atoms with van der Waals surface area (Å²) in [5.41, 5.74) is 1.12. The van der Waals surface area contributed by atoms with Crippen LogP contribution in [0.15, 0.2) is 42.5 Å². The molecule has 0 bridgehead atoms. The zero-order chi connectivity index (χ0) is 17.0. The zero-order valence-corrected chi connectivity index (χ0v) is 14.1. The van der Waals surface area contributed by atoms with Crippen molar-refractivity contribution in [1.82, 2.24) is 0 Å². The summed E-state index contributed by atoms with van der Waals surface area (Å²) in [6.07, 6.45) is 4.67. The van der Waals surface area contributed by atoms with E-state index in [1.165, 1.54) is 0 Å². The van der Waals surface area contributed by atoms with Crippen LogP contribution in [-0.2, 0) is 25.6 Å². The molecule has 0 aromatic heterocycles. The minimum absolute atomic E-state index is 0.0387. The van der Waals surface area contributed by atoms with Crippen LogP contribution >= 0.6 is 0 Å². The molecule has 5 heteroatoms. The van der Waals surface area contributed by atoms with Crippen LogP contribution < -0.4 is 0 Å². The Kier molecular flexibility index (Phi) is 8.50. The first-order chi connectivity index (χ1) is 11.8. The van der Waals surface area contributed by atoms with E-state index >= 15 is 0 Å². The second-order valence-electron chi connectivity index (χ2n) is 5.70. The van der Waals surface area contributed by atoms with Gasteiger partial charge >= 0.3 is 0 Å². The van der Waals surface area contributed by atoms with E-state index in [1.807, 2.05) is 36.4 Å². The van der Waals surface area contributed by atoms with Crippen molar-refractivity contribution in [3.63, 3.8) is 0 Å². The number of nitriles is 1. The number of benzene rings is 1. The molecule has 0 N–H and O–H groups in total. The Morgan fingerprint density at radius 3 is 2.79 bits per heavy atom. The number of allylic oxidation sites excluding steroid dienone is 1. The summed E-state index contributed by atoms with van der Waals surface area (Å²) in [5, 5.41) is 9.30. The lowest BCUT2D eigenvalue weighted by molar-refractivity contribution is -0.131. The molecule has 0 heterocycles. The van der Waals surface area contributed by atoms with Gasteiger partial charge in [0.05, 0.1) is 44.5 Å². The molecule has 1 aromatic rings. The molecule has 0 saturated heterocycles. The molecule has 1 aliphatic carbocycles. The van der Waals surface area contributed by atoms with Crippen molar-refractivity contribution >= 4 is 0 Å². The van der Waals surface area contributed by atoms with E-state index in [4.69, 9.17) is 18.9 Å². The summed E-state index contributed by atoms with van der Waals surface area (Å²) < 4.78 is 22.0. The Morgan fingerprint density at radius 2 is 2.04 bits per heavy atom. The van der Waals surface area contributed by atoms with E-state index in [1.54, 1.807) is 7.11 Å². The Bertz CT molecular complexity index is 526. The quantitative estimate of drug-likeness (QED) is 0.354. The first-order valence-corrected chi connectivity index (χ1v) is 8.21. The fraction of sp³-hybridized carbons (Fsp3) is 0.526. The van der Waals surface area contributed by atoms with Crippen LogP contribution in [0.1, 0.15) is 12.0 Å². The van der Waals surface area contributed by atoms with Gasteiger partial charge in [0.25, 0.3) is 0 Å². The molecule has 0 radical (unpaired) electrons. The highest BCUT2D eigenvalue weighted by Gasteiger charge is 2.31. The molecular formula is C19H25NO4. The molecule has 1 aliphatic rings. The summed E-state index contributed by atoms with van der Waals surface area (Å²) >= 11 is 0. The molecule has 0 unspecified atom stereocenters. The maximum Gasteiger partial charge on any atom is 0.147 e. The maximum absolute atomic E-state index is 9.30. The highest BCUT2D eigenvalue weighted by atomic mass is 16.7. The minimum atomic E-state index is -0.195. The molecule has 2 rings (SSSR count). The van der Waals surface area contributed by atoms with Crippen molar-refractivity contribution in [1.29, 1.82) is 5.26 Å². The molecule has 0 amide bonds. The predicted octanol–water partition coefficient (Wildman–Crippen LogP) is 2.92. The van der Waals surface area contributed by atoms with Crippen molar-refractivity contribution in [3.8, 4) is 6.07 Å². The molecular weight excluding hydrogens is 306 g/mol. The summed E-state index contributed by atoms with van der Waals surface area (Å²) in [6, 6.07) is 12.4. The van der Waals surface area contributed by atoms with Crippen LogP contribution in [0.2, 0.25) is 0 Å². The predicted molar refractivity (Wildman–Crippen MR) is 90.0 cm³/mol. The van der Waals surface area contributed by atoms with Crippen LogP contribution in [0.4, 0.5) is 0 Å². The second kappa shape index (κ2) is 11.0. The van der Waals surface area contributed by atoms with Gasteiger partial charge in [0, 0.05) is 13.0 Å². The molecule has 0 saturated carbocycles. The van der Waals surface area contributed by atoms with Gasteiger partial charge in [0.1, 0.15) is 6.79 Å². The third-order valence-electron chi connectivity index (χ3n) is 4.00. The van der Waals surface area contributed by atoms with Crippen LogP contribution in [0.25, 0.3) is 0 Å². The monoisotopic (exact) mass is 331 g/mol. The van der Waals surface area contributed by atoms with Gasteiger partial charge in [-0.2, -0.15) is 5.26 Å². The van der Waals surface area contributed by atoms with Crippen molar-refractivity contribution in [2.45, 2.75) is 19.1 Å². The molecule has 1 aromatic carbocycles. The Labute approximate surface area is 143 Å². The fourth-order valence-corrected chi connectivity index (χ4v) is 2.67. The molecule has 24 heavy (non-hydrogen) atoms. The van der Waals surface area contributed by atoms with Gasteiger partial charge in [-0.15, -0.1) is 0 Å². The number of hydrogen-bond acceptors (Lipinski definition) is 5. The largest absolute Gasteiger partial charge is 0.382 e. The lowest BCUT2D eigenvalue weighted by atomic mass is 9.92. The second-order valence-corrected chi connectivity index (χ2v) is 5.70. The van der Waals surface area contributed by atoms with Gasteiger partial charge in [-0.3, -0.25) is 0 Å². The van der Waals surface area contributed by atoms with E-state index in [-0.39, 0.29) is 24.7 Å². The molecule has 3 atom stereocenters. The van der Waals surface area contributed by atoms with Gasteiger partial charge in [0.15, 0.2) is 0 Å². The molecule has 130 valence electrons. The Hall–Kier alpha value is -1.71. The van der Waals surface area contributed by atoms with Crippen molar-refractivity contribution in [2.75, 3.05) is 33.7 Å². The SMILES string of the molecule is COCCOCO[C@H](COCc1ccccc1)[C@@H]1C=CC[C@H]1C#N. The Morgan fingerprint density at radius 1 is 1.21 bits per heavy atom. The van der Waals surface area contributed by atoms with Crippen LogP contribution in [0.5, 0.6) is 0 Å². The van der Waals surface area contributed by atoms with Crippen LogP contribution in [0.3, 0.4) is 0 Å². The molecule has 0 fully saturated rings.